The second kappa shape index (κ2) is 5.65. The number of H-pyrrole nitrogens is 1. The minimum atomic E-state index is -0.105. The number of nitrogens with zero attached hydrogens (tertiary/aromatic N) is 6. The molecule has 0 saturated heterocycles. The van der Waals surface area contributed by atoms with Gasteiger partial charge in [0.05, 0.1) is 6.33 Å². The van der Waals surface area contributed by atoms with Gasteiger partial charge in [0.15, 0.2) is 11.5 Å². The van der Waals surface area contributed by atoms with Gasteiger partial charge in [0.25, 0.3) is 0 Å². The van der Waals surface area contributed by atoms with Gasteiger partial charge < -0.3 is 14.9 Å². The van der Waals surface area contributed by atoms with Crippen molar-refractivity contribution in [1.82, 2.24) is 34.7 Å². The largest absolute Gasteiger partial charge is 0.340 e. The first-order chi connectivity index (χ1) is 10.2. The zero-order valence-electron chi connectivity index (χ0n) is 11.4. The van der Waals surface area contributed by atoms with Crippen LogP contribution in [-0.2, 0) is 18.3 Å². The number of rotatable bonds is 5. The van der Waals surface area contributed by atoms with Gasteiger partial charge in [0, 0.05) is 19.9 Å². The van der Waals surface area contributed by atoms with Crippen molar-refractivity contribution in [2.24, 2.45) is 7.05 Å². The predicted octanol–water partition coefficient (Wildman–Crippen LogP) is 0.443. The molecule has 9 nitrogen and oxygen atoms in total. The fourth-order valence-corrected chi connectivity index (χ4v) is 1.99. The van der Waals surface area contributed by atoms with Gasteiger partial charge in [-0.2, -0.15) is 0 Å². The average molecular weight is 286 g/mol. The first kappa shape index (κ1) is 13.2. The van der Waals surface area contributed by atoms with E-state index in [2.05, 4.69) is 35.5 Å². The predicted molar refractivity (Wildman–Crippen MR) is 74.3 cm³/mol. The van der Waals surface area contributed by atoms with Crippen LogP contribution in [0.1, 0.15) is 18.7 Å². The Balaban J connectivity index is 1.57. The summed E-state index contributed by atoms with van der Waals surface area (Å²) >= 11 is 0. The van der Waals surface area contributed by atoms with Gasteiger partial charge in [0.2, 0.25) is 5.91 Å². The van der Waals surface area contributed by atoms with Crippen molar-refractivity contribution in [2.75, 3.05) is 5.32 Å². The number of hydrogen-bond donors (Lipinski definition) is 2. The molecule has 108 valence electrons. The molecule has 9 heteroatoms. The number of aromatic amines is 1. The van der Waals surface area contributed by atoms with Crippen molar-refractivity contribution < 1.29 is 4.79 Å². The summed E-state index contributed by atoms with van der Waals surface area (Å²) in [5.41, 5.74) is 1.15. The molecule has 0 aliphatic rings. The zero-order chi connectivity index (χ0) is 14.7. The van der Waals surface area contributed by atoms with Crippen molar-refractivity contribution in [3.63, 3.8) is 0 Å². The second-order valence-electron chi connectivity index (χ2n) is 4.58. The fraction of sp³-hybridized carbons (Fsp3) is 0.333. The number of nitrogens with one attached hydrogen (secondary N) is 2. The van der Waals surface area contributed by atoms with Crippen LogP contribution >= 0.6 is 0 Å². The maximum absolute atomic E-state index is 11.9. The van der Waals surface area contributed by atoms with Gasteiger partial charge in [-0.15, -0.1) is 10.2 Å². The second-order valence-corrected chi connectivity index (χ2v) is 4.58. The number of hydrogen-bond acceptors (Lipinski definition) is 6. The molecule has 3 heterocycles. The van der Waals surface area contributed by atoms with E-state index in [1.807, 2.05) is 11.6 Å². The van der Waals surface area contributed by atoms with Crippen molar-refractivity contribution in [1.29, 1.82) is 0 Å². The third-order valence-electron chi connectivity index (χ3n) is 3.09. The van der Waals surface area contributed by atoms with E-state index >= 15 is 0 Å². The summed E-state index contributed by atoms with van der Waals surface area (Å²) in [6.45, 7) is 0. The lowest BCUT2D eigenvalue weighted by Crippen LogP contribution is -2.13. The number of aromatic nitrogens is 7. The first-order valence-corrected chi connectivity index (χ1v) is 6.51. The highest BCUT2D eigenvalue weighted by Gasteiger charge is 2.10. The van der Waals surface area contributed by atoms with Crippen LogP contribution in [0.5, 0.6) is 0 Å². The van der Waals surface area contributed by atoms with Gasteiger partial charge in [-0.05, 0) is 6.42 Å². The Morgan fingerprint density at radius 1 is 1.38 bits per heavy atom. The lowest BCUT2D eigenvalue weighted by atomic mass is 10.2. The summed E-state index contributed by atoms with van der Waals surface area (Å²) in [6.07, 6.45) is 6.31. The SMILES string of the molecule is Cn1cnnc1CCCC(=O)Nc1ncnc2nc[nH]c12. The molecule has 0 saturated carbocycles. The summed E-state index contributed by atoms with van der Waals surface area (Å²) < 4.78 is 1.84. The van der Waals surface area contributed by atoms with E-state index in [1.165, 1.54) is 12.7 Å². The normalized spacial score (nSPS) is 10.9. The van der Waals surface area contributed by atoms with E-state index in [9.17, 15) is 4.79 Å². The van der Waals surface area contributed by atoms with E-state index in [-0.39, 0.29) is 5.91 Å². The van der Waals surface area contributed by atoms with Crippen LogP contribution in [0.2, 0.25) is 0 Å². The summed E-state index contributed by atoms with van der Waals surface area (Å²) in [4.78, 5) is 26.9. The molecule has 0 bridgehead atoms. The van der Waals surface area contributed by atoms with Crippen LogP contribution in [0.25, 0.3) is 11.2 Å². The number of carbonyl (C=O) groups excluding carboxylic acids is 1. The summed E-state index contributed by atoms with van der Waals surface area (Å²) in [5.74, 6) is 1.20. The molecule has 0 aliphatic heterocycles. The van der Waals surface area contributed by atoms with E-state index in [4.69, 9.17) is 0 Å². The van der Waals surface area contributed by atoms with E-state index in [0.29, 0.717) is 36.2 Å². The Morgan fingerprint density at radius 2 is 2.29 bits per heavy atom. The van der Waals surface area contributed by atoms with Crippen molar-refractivity contribution in [2.45, 2.75) is 19.3 Å². The van der Waals surface area contributed by atoms with E-state index in [1.54, 1.807) is 6.33 Å². The van der Waals surface area contributed by atoms with Crippen molar-refractivity contribution in [3.05, 3.63) is 24.8 Å². The van der Waals surface area contributed by atoms with Crippen molar-refractivity contribution in [3.8, 4) is 0 Å². The highest BCUT2D eigenvalue weighted by atomic mass is 16.1. The molecule has 0 spiro atoms. The number of imidazole rings is 1. The van der Waals surface area contributed by atoms with Crippen molar-refractivity contribution >= 4 is 22.9 Å². The Bertz CT molecular complexity index is 761. The van der Waals surface area contributed by atoms with Gasteiger partial charge in [-0.25, -0.2) is 15.0 Å². The first-order valence-electron chi connectivity index (χ1n) is 6.51. The lowest BCUT2D eigenvalue weighted by molar-refractivity contribution is -0.116. The maximum Gasteiger partial charge on any atom is 0.225 e. The highest BCUT2D eigenvalue weighted by Crippen LogP contribution is 2.14. The minimum Gasteiger partial charge on any atom is -0.340 e. The van der Waals surface area contributed by atoms with Gasteiger partial charge in [-0.3, -0.25) is 4.79 Å². The molecule has 1 amide bonds. The number of aryl methyl sites for hydroxylation is 2. The molecule has 0 fully saturated rings. The molecular formula is C12H14N8O. The van der Waals surface area contributed by atoms with Crippen LogP contribution < -0.4 is 5.32 Å². The minimum absolute atomic E-state index is 0.105. The molecule has 2 N–H and O–H groups in total. The molecular weight excluding hydrogens is 272 g/mol. The summed E-state index contributed by atoms with van der Waals surface area (Å²) in [5, 5.41) is 10.5. The number of carbonyl (C=O) groups is 1. The third kappa shape index (κ3) is 2.86. The lowest BCUT2D eigenvalue weighted by Gasteiger charge is -2.04. The highest BCUT2D eigenvalue weighted by molar-refractivity contribution is 5.96. The van der Waals surface area contributed by atoms with Gasteiger partial charge in [0.1, 0.15) is 24.0 Å². The molecule has 0 aliphatic carbocycles. The standard InChI is InChI=1S/C12H14N8O/c1-20-7-17-19-8(20)3-2-4-9(21)18-12-10-11(14-5-13-10)15-6-16-12/h5-7H,2-4H2,1H3,(H2,13,14,15,16,18,21). The third-order valence-corrected chi connectivity index (χ3v) is 3.09. The van der Waals surface area contributed by atoms with Crippen LogP contribution in [0.3, 0.4) is 0 Å². The average Bonchev–Trinajstić information content (AvgIpc) is 3.09. The topological polar surface area (TPSA) is 114 Å². The van der Waals surface area contributed by atoms with Gasteiger partial charge >= 0.3 is 0 Å². The van der Waals surface area contributed by atoms with E-state index in [0.717, 1.165) is 5.82 Å². The fourth-order valence-electron chi connectivity index (χ4n) is 1.99. The number of amides is 1. The molecule has 21 heavy (non-hydrogen) atoms. The van der Waals surface area contributed by atoms with Crippen LogP contribution in [0.4, 0.5) is 5.82 Å². The van der Waals surface area contributed by atoms with Crippen LogP contribution in [0, 0.1) is 0 Å². The Kier molecular flexibility index (Phi) is 3.54. The van der Waals surface area contributed by atoms with E-state index < -0.39 is 0 Å². The summed E-state index contributed by atoms with van der Waals surface area (Å²) in [7, 11) is 1.88. The molecule has 0 aromatic carbocycles. The molecule has 0 atom stereocenters. The summed E-state index contributed by atoms with van der Waals surface area (Å²) in [6, 6.07) is 0. The molecule has 3 aromatic heterocycles. The monoisotopic (exact) mass is 286 g/mol. The Morgan fingerprint density at radius 3 is 3.10 bits per heavy atom. The van der Waals surface area contributed by atoms with Crippen LogP contribution in [0.15, 0.2) is 19.0 Å². The Hall–Kier alpha value is -2.84. The zero-order valence-corrected chi connectivity index (χ0v) is 11.4. The number of fused-ring (bicyclic) bond motifs is 1. The maximum atomic E-state index is 11.9. The molecule has 0 radical (unpaired) electrons. The quantitative estimate of drug-likeness (QED) is 0.703. The van der Waals surface area contributed by atoms with Crippen LogP contribution in [-0.4, -0.2) is 40.6 Å². The molecule has 3 rings (SSSR count). The Labute approximate surface area is 119 Å². The number of anilines is 1. The smallest absolute Gasteiger partial charge is 0.225 e. The van der Waals surface area contributed by atoms with Gasteiger partial charge in [-0.1, -0.05) is 0 Å². The molecule has 0 unspecified atom stereocenters. The molecule has 3 aromatic rings.